The van der Waals surface area contributed by atoms with Crippen molar-refractivity contribution >= 4 is 23.2 Å². The summed E-state index contributed by atoms with van der Waals surface area (Å²) in [4.78, 5) is 28.1. The van der Waals surface area contributed by atoms with Gasteiger partial charge in [0.2, 0.25) is 23.5 Å². The number of hydrogen-bond donors (Lipinski definition) is 2. The van der Waals surface area contributed by atoms with Crippen molar-refractivity contribution in [1.82, 2.24) is 10.1 Å². The molecule has 0 aliphatic rings. The fourth-order valence-corrected chi connectivity index (χ4v) is 2.89. The van der Waals surface area contributed by atoms with Crippen molar-refractivity contribution in [2.75, 3.05) is 17.7 Å². The van der Waals surface area contributed by atoms with E-state index in [0.29, 0.717) is 35.9 Å². The summed E-state index contributed by atoms with van der Waals surface area (Å²) in [7, 11) is 1.61. The quantitative estimate of drug-likeness (QED) is 0.584. The molecular formula is C22H24N4O4. The summed E-state index contributed by atoms with van der Waals surface area (Å²) in [6.45, 7) is 3.35. The number of ether oxygens (including phenoxy) is 1. The third-order valence-electron chi connectivity index (χ3n) is 4.37. The molecule has 8 nitrogen and oxygen atoms in total. The third kappa shape index (κ3) is 5.66. The van der Waals surface area contributed by atoms with Gasteiger partial charge in [-0.05, 0) is 55.3 Å². The summed E-state index contributed by atoms with van der Waals surface area (Å²) in [6.07, 6.45) is 1.33. The second kappa shape index (κ2) is 9.69. The number of benzene rings is 2. The van der Waals surface area contributed by atoms with Gasteiger partial charge in [0, 0.05) is 25.3 Å². The Labute approximate surface area is 174 Å². The molecule has 0 saturated carbocycles. The molecule has 0 atom stereocenters. The summed E-state index contributed by atoms with van der Waals surface area (Å²) >= 11 is 0. The first-order valence-corrected chi connectivity index (χ1v) is 9.59. The maximum Gasteiger partial charge on any atom is 0.226 e. The largest absolute Gasteiger partial charge is 0.497 e. The molecular weight excluding hydrogens is 384 g/mol. The molecule has 30 heavy (non-hydrogen) atoms. The van der Waals surface area contributed by atoms with Crippen LogP contribution in [-0.2, 0) is 16.0 Å². The van der Waals surface area contributed by atoms with E-state index in [-0.39, 0.29) is 18.2 Å². The lowest BCUT2D eigenvalue weighted by atomic mass is 10.1. The minimum atomic E-state index is -0.196. The highest BCUT2D eigenvalue weighted by molar-refractivity contribution is 5.99. The number of anilines is 2. The van der Waals surface area contributed by atoms with E-state index in [9.17, 15) is 9.59 Å². The van der Waals surface area contributed by atoms with Crippen molar-refractivity contribution in [3.8, 4) is 17.1 Å². The summed E-state index contributed by atoms with van der Waals surface area (Å²) in [6, 6.07) is 12.8. The average Bonchev–Trinajstić information content (AvgIpc) is 3.19. The lowest BCUT2D eigenvalue weighted by molar-refractivity contribution is -0.116. The zero-order valence-corrected chi connectivity index (χ0v) is 17.2. The van der Waals surface area contributed by atoms with Crippen LogP contribution in [0.2, 0.25) is 0 Å². The highest BCUT2D eigenvalue weighted by atomic mass is 16.5. The molecule has 0 spiro atoms. The molecule has 2 amide bonds. The van der Waals surface area contributed by atoms with Crippen molar-refractivity contribution in [3.05, 3.63) is 53.9 Å². The van der Waals surface area contributed by atoms with E-state index in [1.807, 2.05) is 43.3 Å². The van der Waals surface area contributed by atoms with Crippen molar-refractivity contribution in [2.45, 2.75) is 33.1 Å². The van der Waals surface area contributed by atoms with Crippen LogP contribution in [0.25, 0.3) is 11.4 Å². The maximum absolute atomic E-state index is 12.3. The molecule has 2 aromatic carbocycles. The van der Waals surface area contributed by atoms with E-state index in [2.05, 4.69) is 20.8 Å². The van der Waals surface area contributed by atoms with E-state index in [0.717, 1.165) is 16.9 Å². The molecule has 8 heteroatoms. The van der Waals surface area contributed by atoms with Crippen LogP contribution in [0.15, 0.2) is 47.0 Å². The Hall–Kier alpha value is -3.68. The number of nitrogens with one attached hydrogen (secondary N) is 2. The van der Waals surface area contributed by atoms with Gasteiger partial charge in [0.15, 0.2) is 0 Å². The first-order chi connectivity index (χ1) is 14.4. The molecule has 0 aliphatic carbocycles. The minimum absolute atomic E-state index is 0.151. The summed E-state index contributed by atoms with van der Waals surface area (Å²) in [5.41, 5.74) is 2.96. The van der Waals surface area contributed by atoms with Crippen molar-refractivity contribution in [1.29, 1.82) is 0 Å². The number of methoxy groups -OCH3 is 1. The fourth-order valence-electron chi connectivity index (χ4n) is 2.89. The predicted molar refractivity (Wildman–Crippen MR) is 113 cm³/mol. The highest BCUT2D eigenvalue weighted by Gasteiger charge is 2.12. The van der Waals surface area contributed by atoms with Crippen LogP contribution in [0.1, 0.15) is 31.2 Å². The van der Waals surface area contributed by atoms with Gasteiger partial charge >= 0.3 is 0 Å². The third-order valence-corrected chi connectivity index (χ3v) is 4.37. The SMILES string of the molecule is COc1ccc(-c2noc(CCCC(=O)Nc3cc(C)ccc3NC(C)=O)n2)cc1. The molecule has 0 unspecified atom stereocenters. The number of carbonyl (C=O) groups is 2. The molecule has 3 rings (SSSR count). The molecule has 0 saturated heterocycles. The Bertz CT molecular complexity index is 1030. The predicted octanol–water partition coefficient (Wildman–Crippen LogP) is 3.97. The van der Waals surface area contributed by atoms with Gasteiger partial charge in [0.25, 0.3) is 0 Å². The van der Waals surface area contributed by atoms with Gasteiger partial charge in [-0.15, -0.1) is 0 Å². The van der Waals surface area contributed by atoms with Gasteiger partial charge < -0.3 is 19.9 Å². The number of hydrogen-bond acceptors (Lipinski definition) is 6. The highest BCUT2D eigenvalue weighted by Crippen LogP contribution is 2.24. The van der Waals surface area contributed by atoms with Crippen molar-refractivity contribution in [3.63, 3.8) is 0 Å². The Morgan fingerprint density at radius 2 is 1.83 bits per heavy atom. The Kier molecular flexibility index (Phi) is 6.79. The molecule has 3 aromatic rings. The normalized spacial score (nSPS) is 10.5. The van der Waals surface area contributed by atoms with Gasteiger partial charge in [-0.3, -0.25) is 9.59 Å². The van der Waals surface area contributed by atoms with Gasteiger partial charge in [0.1, 0.15) is 5.75 Å². The van der Waals surface area contributed by atoms with Crippen LogP contribution in [0, 0.1) is 6.92 Å². The minimum Gasteiger partial charge on any atom is -0.497 e. The average molecular weight is 408 g/mol. The first-order valence-electron chi connectivity index (χ1n) is 9.59. The number of carbonyl (C=O) groups excluding carboxylic acids is 2. The number of aryl methyl sites for hydroxylation is 2. The second-order valence-corrected chi connectivity index (χ2v) is 6.87. The first kappa shape index (κ1) is 21.0. The van der Waals surface area contributed by atoms with Gasteiger partial charge in [-0.25, -0.2) is 0 Å². The van der Waals surface area contributed by atoms with Gasteiger partial charge in [0.05, 0.1) is 18.5 Å². The van der Waals surface area contributed by atoms with Crippen LogP contribution in [0.4, 0.5) is 11.4 Å². The fraction of sp³-hybridized carbons (Fsp3) is 0.273. The molecule has 1 aromatic heterocycles. The van der Waals surface area contributed by atoms with E-state index < -0.39 is 0 Å². The smallest absolute Gasteiger partial charge is 0.226 e. The Morgan fingerprint density at radius 1 is 1.07 bits per heavy atom. The van der Waals surface area contributed by atoms with Crippen LogP contribution in [0.5, 0.6) is 5.75 Å². The summed E-state index contributed by atoms with van der Waals surface area (Å²) in [5.74, 6) is 1.38. The van der Waals surface area contributed by atoms with E-state index >= 15 is 0 Å². The van der Waals surface area contributed by atoms with Crippen LogP contribution < -0.4 is 15.4 Å². The number of nitrogens with zero attached hydrogens (tertiary/aromatic N) is 2. The molecule has 2 N–H and O–H groups in total. The molecule has 0 radical (unpaired) electrons. The van der Waals surface area contributed by atoms with Crippen molar-refractivity contribution in [2.24, 2.45) is 0 Å². The number of rotatable bonds is 8. The van der Waals surface area contributed by atoms with Gasteiger partial charge in [-0.1, -0.05) is 11.2 Å². The zero-order chi connectivity index (χ0) is 21.5. The van der Waals surface area contributed by atoms with Crippen LogP contribution in [-0.4, -0.2) is 29.1 Å². The van der Waals surface area contributed by atoms with Gasteiger partial charge in [-0.2, -0.15) is 4.98 Å². The molecule has 0 bridgehead atoms. The van der Waals surface area contributed by atoms with Crippen LogP contribution >= 0.6 is 0 Å². The summed E-state index contributed by atoms with van der Waals surface area (Å²) in [5, 5.41) is 9.56. The van der Waals surface area contributed by atoms with E-state index in [1.54, 1.807) is 13.2 Å². The number of aromatic nitrogens is 2. The molecule has 156 valence electrons. The van der Waals surface area contributed by atoms with Crippen molar-refractivity contribution < 1.29 is 18.8 Å². The maximum atomic E-state index is 12.3. The monoisotopic (exact) mass is 408 g/mol. The lowest BCUT2D eigenvalue weighted by Crippen LogP contribution is -2.15. The standard InChI is InChI=1S/C22H24N4O4/c1-14-7-12-18(23-15(2)27)19(13-14)24-20(28)5-4-6-21-25-22(26-30-21)16-8-10-17(29-3)11-9-16/h7-13H,4-6H2,1-3H3,(H,23,27)(H,24,28). The lowest BCUT2D eigenvalue weighted by Gasteiger charge is -2.12. The topological polar surface area (TPSA) is 106 Å². The zero-order valence-electron chi connectivity index (χ0n) is 17.2. The molecule has 0 fully saturated rings. The van der Waals surface area contributed by atoms with Crippen LogP contribution in [0.3, 0.4) is 0 Å². The summed E-state index contributed by atoms with van der Waals surface area (Å²) < 4.78 is 10.4. The Morgan fingerprint density at radius 3 is 2.53 bits per heavy atom. The Balaban J connectivity index is 1.53. The van der Waals surface area contributed by atoms with E-state index in [4.69, 9.17) is 9.26 Å². The number of amides is 2. The second-order valence-electron chi connectivity index (χ2n) is 6.87. The van der Waals surface area contributed by atoms with E-state index in [1.165, 1.54) is 6.92 Å². The molecule has 0 aliphatic heterocycles. The molecule has 1 heterocycles.